The molecule has 0 saturated heterocycles. The zero-order valence-electron chi connectivity index (χ0n) is 8.45. The average molecular weight is 190 g/mol. The molecule has 0 aliphatic carbocycles. The molecule has 0 spiro atoms. The largest absolute Gasteiger partial charge is 0.345 e. The van der Waals surface area contributed by atoms with Gasteiger partial charge in [-0.1, -0.05) is 19.9 Å². The summed E-state index contributed by atoms with van der Waals surface area (Å²) in [5.41, 5.74) is 2.93. The van der Waals surface area contributed by atoms with Gasteiger partial charge in [-0.15, -0.1) is 0 Å². The third kappa shape index (κ3) is 2.19. The number of hydrogen-bond acceptors (Lipinski definition) is 2. The van der Waals surface area contributed by atoms with Crippen LogP contribution < -0.4 is 0 Å². The summed E-state index contributed by atoms with van der Waals surface area (Å²) < 4.78 is 0. The SMILES string of the molecule is CC.O=CCc1ccc2nc[nH]c2c1. The first-order valence-corrected chi connectivity index (χ1v) is 4.76. The molecule has 3 nitrogen and oxygen atoms in total. The summed E-state index contributed by atoms with van der Waals surface area (Å²) in [4.78, 5) is 17.3. The molecule has 3 heteroatoms. The molecule has 2 rings (SSSR count). The number of aromatic amines is 1. The summed E-state index contributed by atoms with van der Waals surface area (Å²) >= 11 is 0. The first-order valence-electron chi connectivity index (χ1n) is 4.76. The van der Waals surface area contributed by atoms with Gasteiger partial charge in [0.05, 0.1) is 17.4 Å². The van der Waals surface area contributed by atoms with Crippen LogP contribution in [0.25, 0.3) is 11.0 Å². The normalized spacial score (nSPS) is 9.29. The average Bonchev–Trinajstić information content (AvgIpc) is 2.68. The molecular weight excluding hydrogens is 176 g/mol. The maximum Gasteiger partial charge on any atom is 0.124 e. The zero-order valence-corrected chi connectivity index (χ0v) is 8.45. The second-order valence-electron chi connectivity index (χ2n) is 2.62. The van der Waals surface area contributed by atoms with E-state index in [2.05, 4.69) is 9.97 Å². The van der Waals surface area contributed by atoms with Gasteiger partial charge in [-0.2, -0.15) is 0 Å². The number of fused-ring (bicyclic) bond motifs is 1. The molecular formula is C11H14N2O. The predicted molar refractivity (Wildman–Crippen MR) is 57.2 cm³/mol. The minimum Gasteiger partial charge on any atom is -0.345 e. The Hall–Kier alpha value is -1.64. The second-order valence-corrected chi connectivity index (χ2v) is 2.62. The molecule has 0 aliphatic rings. The van der Waals surface area contributed by atoms with Gasteiger partial charge < -0.3 is 9.78 Å². The van der Waals surface area contributed by atoms with Crippen molar-refractivity contribution in [2.75, 3.05) is 0 Å². The van der Waals surface area contributed by atoms with Crippen LogP contribution in [0.3, 0.4) is 0 Å². The monoisotopic (exact) mass is 190 g/mol. The van der Waals surface area contributed by atoms with Gasteiger partial charge in [0.2, 0.25) is 0 Å². The minimum absolute atomic E-state index is 0.467. The van der Waals surface area contributed by atoms with Gasteiger partial charge >= 0.3 is 0 Å². The summed E-state index contributed by atoms with van der Waals surface area (Å²) in [5.74, 6) is 0. The molecule has 0 bridgehead atoms. The highest BCUT2D eigenvalue weighted by molar-refractivity contribution is 5.76. The fraction of sp³-hybridized carbons (Fsp3) is 0.273. The highest BCUT2D eigenvalue weighted by Gasteiger charge is 1.96. The van der Waals surface area contributed by atoms with E-state index in [1.165, 1.54) is 0 Å². The lowest BCUT2D eigenvalue weighted by Crippen LogP contribution is -1.84. The number of nitrogens with one attached hydrogen (secondary N) is 1. The van der Waals surface area contributed by atoms with Crippen LogP contribution in [0.5, 0.6) is 0 Å². The number of H-pyrrole nitrogens is 1. The molecule has 0 aliphatic heterocycles. The van der Waals surface area contributed by atoms with Crippen molar-refractivity contribution in [3.63, 3.8) is 0 Å². The number of rotatable bonds is 2. The predicted octanol–water partition coefficient (Wildman–Crippen LogP) is 2.33. The van der Waals surface area contributed by atoms with E-state index < -0.39 is 0 Å². The third-order valence-electron chi connectivity index (χ3n) is 1.80. The smallest absolute Gasteiger partial charge is 0.124 e. The van der Waals surface area contributed by atoms with Gasteiger partial charge in [-0.05, 0) is 17.7 Å². The topological polar surface area (TPSA) is 45.8 Å². The first kappa shape index (κ1) is 10.4. The van der Waals surface area contributed by atoms with Crippen molar-refractivity contribution in [2.45, 2.75) is 20.3 Å². The third-order valence-corrected chi connectivity index (χ3v) is 1.80. The Morgan fingerprint density at radius 2 is 2.21 bits per heavy atom. The molecule has 1 aromatic heterocycles. The summed E-state index contributed by atoms with van der Waals surface area (Å²) in [6.07, 6.45) is 3.02. The van der Waals surface area contributed by atoms with Crippen molar-refractivity contribution >= 4 is 17.3 Å². The molecule has 0 amide bonds. The van der Waals surface area contributed by atoms with Gasteiger partial charge in [0, 0.05) is 6.42 Å². The quantitative estimate of drug-likeness (QED) is 0.739. The number of hydrogen-bond donors (Lipinski definition) is 1. The van der Waals surface area contributed by atoms with Crippen molar-refractivity contribution in [3.05, 3.63) is 30.1 Å². The molecule has 0 saturated carbocycles. The summed E-state index contributed by atoms with van der Waals surface area (Å²) in [6.45, 7) is 4.00. The van der Waals surface area contributed by atoms with E-state index in [1.54, 1.807) is 6.33 Å². The lowest BCUT2D eigenvalue weighted by Gasteiger charge is -1.93. The van der Waals surface area contributed by atoms with Crippen LogP contribution in [0.1, 0.15) is 19.4 Å². The number of imidazole rings is 1. The van der Waals surface area contributed by atoms with E-state index in [0.717, 1.165) is 22.9 Å². The van der Waals surface area contributed by atoms with Gasteiger partial charge in [0.1, 0.15) is 6.29 Å². The van der Waals surface area contributed by atoms with E-state index in [1.807, 2.05) is 32.0 Å². The van der Waals surface area contributed by atoms with Crippen LogP contribution in [0, 0.1) is 0 Å². The van der Waals surface area contributed by atoms with E-state index in [-0.39, 0.29) is 0 Å². The zero-order chi connectivity index (χ0) is 10.4. The van der Waals surface area contributed by atoms with E-state index in [4.69, 9.17) is 0 Å². The van der Waals surface area contributed by atoms with Crippen molar-refractivity contribution in [1.82, 2.24) is 9.97 Å². The molecule has 1 aromatic carbocycles. The first-order chi connectivity index (χ1) is 6.90. The Balaban J connectivity index is 0.000000461. The maximum atomic E-state index is 10.2. The summed E-state index contributed by atoms with van der Waals surface area (Å²) in [6, 6.07) is 5.76. The van der Waals surface area contributed by atoms with Crippen molar-refractivity contribution < 1.29 is 4.79 Å². The van der Waals surface area contributed by atoms with Gasteiger partial charge in [-0.25, -0.2) is 4.98 Å². The van der Waals surface area contributed by atoms with Crippen LogP contribution >= 0.6 is 0 Å². The Kier molecular flexibility index (Phi) is 3.85. The molecule has 0 fully saturated rings. The van der Waals surface area contributed by atoms with Crippen molar-refractivity contribution in [1.29, 1.82) is 0 Å². The fourth-order valence-corrected chi connectivity index (χ4v) is 1.21. The highest BCUT2D eigenvalue weighted by Crippen LogP contribution is 2.11. The van der Waals surface area contributed by atoms with Crippen LogP contribution in [0.2, 0.25) is 0 Å². The molecule has 2 aromatic rings. The number of aldehydes is 1. The van der Waals surface area contributed by atoms with Crippen LogP contribution in [-0.4, -0.2) is 16.3 Å². The van der Waals surface area contributed by atoms with E-state index in [9.17, 15) is 4.79 Å². The molecule has 1 heterocycles. The summed E-state index contributed by atoms with van der Waals surface area (Å²) in [5, 5.41) is 0. The van der Waals surface area contributed by atoms with Crippen LogP contribution in [0.4, 0.5) is 0 Å². The number of benzene rings is 1. The van der Waals surface area contributed by atoms with E-state index in [0.29, 0.717) is 6.42 Å². The Morgan fingerprint density at radius 1 is 1.43 bits per heavy atom. The van der Waals surface area contributed by atoms with Crippen LogP contribution in [-0.2, 0) is 11.2 Å². The molecule has 0 atom stereocenters. The minimum atomic E-state index is 0.467. The Morgan fingerprint density at radius 3 is 2.93 bits per heavy atom. The number of nitrogens with zero attached hydrogens (tertiary/aromatic N) is 1. The van der Waals surface area contributed by atoms with Gasteiger partial charge in [0.15, 0.2) is 0 Å². The maximum absolute atomic E-state index is 10.2. The van der Waals surface area contributed by atoms with E-state index >= 15 is 0 Å². The Labute approximate surface area is 83.2 Å². The van der Waals surface area contributed by atoms with Gasteiger partial charge in [-0.3, -0.25) is 0 Å². The van der Waals surface area contributed by atoms with Crippen molar-refractivity contribution in [2.24, 2.45) is 0 Å². The van der Waals surface area contributed by atoms with Crippen LogP contribution in [0.15, 0.2) is 24.5 Å². The number of carbonyl (C=O) groups is 1. The van der Waals surface area contributed by atoms with Crippen molar-refractivity contribution in [3.8, 4) is 0 Å². The second kappa shape index (κ2) is 5.17. The molecule has 14 heavy (non-hydrogen) atoms. The summed E-state index contributed by atoms with van der Waals surface area (Å²) in [7, 11) is 0. The molecule has 74 valence electrons. The number of carbonyl (C=O) groups excluding carboxylic acids is 1. The van der Waals surface area contributed by atoms with Gasteiger partial charge in [0.25, 0.3) is 0 Å². The lowest BCUT2D eigenvalue weighted by molar-refractivity contribution is -0.107. The molecule has 1 N–H and O–H groups in total. The standard InChI is InChI=1S/C9H8N2O.C2H6/c12-4-3-7-1-2-8-9(5-7)11-6-10-8;1-2/h1-2,4-6H,3H2,(H,10,11);1-2H3. The highest BCUT2D eigenvalue weighted by atomic mass is 16.1. The molecule has 0 radical (unpaired) electrons. The molecule has 0 unspecified atom stereocenters. The lowest BCUT2D eigenvalue weighted by atomic mass is 10.1. The number of aromatic nitrogens is 2. The fourth-order valence-electron chi connectivity index (χ4n) is 1.21. The Bertz CT molecular complexity index is 406.